The molecule has 2 aromatic carbocycles. The Kier molecular flexibility index (Phi) is 5.25. The molecule has 0 saturated carbocycles. The molecule has 29 heavy (non-hydrogen) atoms. The van der Waals surface area contributed by atoms with Crippen LogP contribution in [0.4, 0.5) is 0 Å². The Morgan fingerprint density at radius 1 is 1.28 bits per heavy atom. The third kappa shape index (κ3) is 3.70. The quantitative estimate of drug-likeness (QED) is 0.461. The third-order valence-corrected chi connectivity index (χ3v) is 5.80. The number of fused-ring (bicyclic) bond motifs is 3. The zero-order valence-electron chi connectivity index (χ0n) is 15.2. The van der Waals surface area contributed by atoms with Gasteiger partial charge in [0, 0.05) is 4.47 Å². The first-order valence-corrected chi connectivity index (χ1v) is 10.3. The molecule has 0 radical (unpaired) electrons. The maximum atomic E-state index is 12.9. The van der Waals surface area contributed by atoms with Crippen molar-refractivity contribution in [3.63, 3.8) is 0 Å². The molecule has 0 spiro atoms. The fourth-order valence-electron chi connectivity index (χ4n) is 2.94. The van der Waals surface area contributed by atoms with Gasteiger partial charge >= 0.3 is 5.97 Å². The van der Waals surface area contributed by atoms with E-state index in [2.05, 4.69) is 20.9 Å². The van der Waals surface area contributed by atoms with Gasteiger partial charge in [-0.05, 0) is 42.8 Å². The molecule has 9 heteroatoms. The van der Waals surface area contributed by atoms with Crippen molar-refractivity contribution in [2.45, 2.75) is 6.92 Å². The highest BCUT2D eigenvalue weighted by molar-refractivity contribution is 9.10. The van der Waals surface area contributed by atoms with E-state index in [-0.39, 0.29) is 5.56 Å². The first-order valence-electron chi connectivity index (χ1n) is 8.70. The summed E-state index contributed by atoms with van der Waals surface area (Å²) >= 11 is 4.77. The lowest BCUT2D eigenvalue weighted by molar-refractivity contribution is -0.139. The van der Waals surface area contributed by atoms with Crippen molar-refractivity contribution in [2.24, 2.45) is 0 Å². The van der Waals surface area contributed by atoms with Crippen LogP contribution in [-0.4, -0.2) is 33.7 Å². The molecule has 0 bridgehead atoms. The molecular weight excluding hydrogens is 460 g/mol. The summed E-state index contributed by atoms with van der Waals surface area (Å²) in [5.74, 6) is -0.362. The number of rotatable bonds is 6. The van der Waals surface area contributed by atoms with E-state index < -0.39 is 12.6 Å². The lowest BCUT2D eigenvalue weighted by Crippen LogP contribution is -2.22. The largest absolute Gasteiger partial charge is 0.490 e. The number of thiazole rings is 1. The van der Waals surface area contributed by atoms with Crippen molar-refractivity contribution in [1.29, 1.82) is 0 Å². The van der Waals surface area contributed by atoms with E-state index in [1.54, 1.807) is 22.6 Å². The van der Waals surface area contributed by atoms with Gasteiger partial charge in [0.15, 0.2) is 23.1 Å². The van der Waals surface area contributed by atoms with Crippen molar-refractivity contribution >= 4 is 55.3 Å². The van der Waals surface area contributed by atoms with Gasteiger partial charge in [-0.2, -0.15) is 0 Å². The number of hydrogen-bond acceptors (Lipinski definition) is 6. The number of hydrogen-bond donors (Lipinski definition) is 1. The highest BCUT2D eigenvalue weighted by Gasteiger charge is 2.14. The molecule has 7 nitrogen and oxygen atoms in total. The topological polar surface area (TPSA) is 90.1 Å². The molecule has 0 amide bonds. The number of ether oxygens (including phenoxy) is 2. The minimum absolute atomic E-state index is 0.144. The molecule has 148 valence electrons. The highest BCUT2D eigenvalue weighted by Crippen LogP contribution is 2.34. The fraction of sp³-hybridized carbons (Fsp3) is 0.150. The number of carbonyl (C=O) groups is 1. The maximum absolute atomic E-state index is 12.9. The molecule has 4 aromatic rings. The van der Waals surface area contributed by atoms with E-state index in [9.17, 15) is 9.59 Å². The lowest BCUT2D eigenvalue weighted by Gasteiger charge is -2.12. The Hall–Kier alpha value is -2.91. The molecule has 0 fully saturated rings. The van der Waals surface area contributed by atoms with E-state index >= 15 is 0 Å². The minimum Gasteiger partial charge on any atom is -0.490 e. The maximum Gasteiger partial charge on any atom is 0.341 e. The Morgan fingerprint density at radius 2 is 2.03 bits per heavy atom. The zero-order chi connectivity index (χ0) is 20.5. The summed E-state index contributed by atoms with van der Waals surface area (Å²) in [6, 6.07) is 10.8. The van der Waals surface area contributed by atoms with Crippen LogP contribution in [-0.2, 0) is 4.79 Å². The second-order valence-corrected chi connectivity index (χ2v) is 7.93. The van der Waals surface area contributed by atoms with E-state index in [4.69, 9.17) is 14.6 Å². The van der Waals surface area contributed by atoms with E-state index in [1.807, 2.05) is 31.2 Å². The molecular formula is C20H15BrN2O5S. The number of para-hydroxylation sites is 2. The number of halogens is 1. The molecule has 0 aliphatic rings. The van der Waals surface area contributed by atoms with Gasteiger partial charge in [0.25, 0.3) is 5.56 Å². The summed E-state index contributed by atoms with van der Waals surface area (Å²) in [7, 11) is 0. The average Bonchev–Trinajstić information content (AvgIpc) is 3.19. The number of aliphatic carboxylic acids is 1. The number of benzene rings is 2. The Labute approximate surface area is 176 Å². The van der Waals surface area contributed by atoms with Crippen LogP contribution in [0.3, 0.4) is 0 Å². The highest BCUT2D eigenvalue weighted by atomic mass is 79.9. The van der Waals surface area contributed by atoms with E-state index in [0.717, 1.165) is 11.0 Å². The average molecular weight is 475 g/mol. The SMILES string of the molecule is CCOc1cc(/C=c2\sc3nc4ccccc4n3c2=O)c(Br)cc1OCC(=O)O. The van der Waals surface area contributed by atoms with Crippen LogP contribution in [0.1, 0.15) is 12.5 Å². The van der Waals surface area contributed by atoms with Crippen molar-refractivity contribution in [2.75, 3.05) is 13.2 Å². The Balaban J connectivity index is 1.83. The number of carboxylic acids is 1. The molecule has 2 aromatic heterocycles. The summed E-state index contributed by atoms with van der Waals surface area (Å²) < 4.78 is 13.7. The Morgan fingerprint density at radius 3 is 2.79 bits per heavy atom. The lowest BCUT2D eigenvalue weighted by atomic mass is 10.2. The molecule has 0 aliphatic carbocycles. The number of nitrogens with zero attached hydrogens (tertiary/aromatic N) is 2. The van der Waals surface area contributed by atoms with Crippen LogP contribution in [0.15, 0.2) is 45.7 Å². The summed E-state index contributed by atoms with van der Waals surface area (Å²) in [5, 5.41) is 8.84. The summed E-state index contributed by atoms with van der Waals surface area (Å²) in [6.45, 7) is 1.73. The fourth-order valence-corrected chi connectivity index (χ4v) is 4.35. The number of aromatic nitrogens is 2. The van der Waals surface area contributed by atoms with Crippen LogP contribution in [0.25, 0.3) is 22.1 Å². The van der Waals surface area contributed by atoms with Crippen molar-refractivity contribution in [3.05, 3.63) is 61.3 Å². The molecule has 0 aliphatic heterocycles. The summed E-state index contributed by atoms with van der Waals surface area (Å²) in [5.41, 5.74) is 2.12. The normalized spacial score (nSPS) is 12.0. The van der Waals surface area contributed by atoms with Crippen LogP contribution in [0, 0.1) is 0 Å². The van der Waals surface area contributed by atoms with Gasteiger partial charge in [0.1, 0.15) is 0 Å². The molecule has 0 atom stereocenters. The standard InChI is InChI=1S/C20H15BrN2O5S/c1-2-27-15-7-11(12(21)9-16(15)28-10-18(24)25)8-17-19(26)23-14-6-4-3-5-13(14)22-20(23)29-17/h3-9H,2,10H2,1H3,(H,24,25)/b17-8-. The van der Waals surface area contributed by atoms with Crippen LogP contribution in [0.5, 0.6) is 11.5 Å². The second-order valence-electron chi connectivity index (χ2n) is 6.07. The molecule has 4 rings (SSSR count). The van der Waals surface area contributed by atoms with Gasteiger partial charge in [-0.1, -0.05) is 39.4 Å². The Bertz CT molecular complexity index is 1340. The number of imidazole rings is 1. The first-order chi connectivity index (χ1) is 14.0. The van der Waals surface area contributed by atoms with Crippen molar-refractivity contribution < 1.29 is 19.4 Å². The minimum atomic E-state index is -1.08. The van der Waals surface area contributed by atoms with Gasteiger partial charge in [-0.15, -0.1) is 0 Å². The van der Waals surface area contributed by atoms with Gasteiger partial charge in [0.2, 0.25) is 0 Å². The van der Waals surface area contributed by atoms with Gasteiger partial charge in [0.05, 0.1) is 22.2 Å². The molecule has 2 heterocycles. The van der Waals surface area contributed by atoms with Gasteiger partial charge in [-0.25, -0.2) is 14.2 Å². The third-order valence-electron chi connectivity index (χ3n) is 4.15. The molecule has 0 saturated heterocycles. The predicted octanol–water partition coefficient (Wildman–Crippen LogP) is 3.08. The van der Waals surface area contributed by atoms with Crippen LogP contribution < -0.4 is 19.6 Å². The predicted molar refractivity (Wildman–Crippen MR) is 114 cm³/mol. The molecule has 1 N–H and O–H groups in total. The zero-order valence-corrected chi connectivity index (χ0v) is 17.6. The monoisotopic (exact) mass is 474 g/mol. The second kappa shape index (κ2) is 7.84. The van der Waals surface area contributed by atoms with Crippen LogP contribution in [0.2, 0.25) is 0 Å². The summed E-state index contributed by atoms with van der Waals surface area (Å²) in [4.78, 5) is 28.9. The van der Waals surface area contributed by atoms with Crippen molar-refractivity contribution in [1.82, 2.24) is 9.38 Å². The molecule has 0 unspecified atom stereocenters. The first kappa shape index (κ1) is 19.4. The van der Waals surface area contributed by atoms with E-state index in [1.165, 1.54) is 11.3 Å². The van der Waals surface area contributed by atoms with Crippen LogP contribution >= 0.6 is 27.3 Å². The van der Waals surface area contributed by atoms with Crippen molar-refractivity contribution in [3.8, 4) is 11.5 Å². The smallest absolute Gasteiger partial charge is 0.341 e. The van der Waals surface area contributed by atoms with E-state index in [0.29, 0.717) is 37.6 Å². The van der Waals surface area contributed by atoms with Gasteiger partial charge in [-0.3, -0.25) is 4.79 Å². The van der Waals surface area contributed by atoms with Gasteiger partial charge < -0.3 is 14.6 Å². The number of carboxylic acid groups (broad SMARTS) is 1. The summed E-state index contributed by atoms with van der Waals surface area (Å²) in [6.07, 6.45) is 1.75.